The van der Waals surface area contributed by atoms with Crippen molar-refractivity contribution in [2.24, 2.45) is 0 Å². The zero-order valence-electron chi connectivity index (χ0n) is 15.5. The largest absolute Gasteiger partial charge is 0.508 e. The van der Waals surface area contributed by atoms with Crippen LogP contribution in [0.4, 0.5) is 0 Å². The first-order chi connectivity index (χ1) is 11.9. The number of hydrogen-bond acceptors (Lipinski definition) is 5. The smallest absolute Gasteiger partial charge is 0.342 e. The Labute approximate surface area is 149 Å². The number of esters is 1. The first-order valence-corrected chi connectivity index (χ1v) is 8.85. The Morgan fingerprint density at radius 3 is 2.64 bits per heavy atom. The van der Waals surface area contributed by atoms with Crippen LogP contribution in [0.1, 0.15) is 74.0 Å². The Kier molecular flexibility index (Phi) is 6.48. The van der Waals surface area contributed by atoms with Gasteiger partial charge in [0.1, 0.15) is 29.3 Å². The maximum Gasteiger partial charge on any atom is 0.342 e. The summed E-state index contributed by atoms with van der Waals surface area (Å²) in [5, 5.41) is 21.1. The van der Waals surface area contributed by atoms with Crippen molar-refractivity contribution < 1.29 is 24.5 Å². The number of phenols is 2. The van der Waals surface area contributed by atoms with Crippen molar-refractivity contribution in [1.82, 2.24) is 0 Å². The van der Waals surface area contributed by atoms with Crippen LogP contribution in [0.15, 0.2) is 17.7 Å². The van der Waals surface area contributed by atoms with Crippen LogP contribution in [-0.4, -0.2) is 29.4 Å². The molecule has 5 heteroatoms. The molecular weight excluding hydrogens is 320 g/mol. The van der Waals surface area contributed by atoms with Gasteiger partial charge in [0, 0.05) is 18.2 Å². The third-order valence-electron chi connectivity index (χ3n) is 4.56. The van der Waals surface area contributed by atoms with Crippen LogP contribution >= 0.6 is 0 Å². The Balaban J connectivity index is 2.43. The van der Waals surface area contributed by atoms with Gasteiger partial charge in [0.2, 0.25) is 0 Å². The number of aromatic hydroxyl groups is 2. The van der Waals surface area contributed by atoms with Crippen molar-refractivity contribution in [2.45, 2.75) is 65.1 Å². The van der Waals surface area contributed by atoms with Gasteiger partial charge in [0.15, 0.2) is 0 Å². The van der Waals surface area contributed by atoms with Gasteiger partial charge in [-0.05, 0) is 39.2 Å². The maximum atomic E-state index is 12.5. The third kappa shape index (κ3) is 4.15. The Morgan fingerprint density at radius 2 is 2.04 bits per heavy atom. The van der Waals surface area contributed by atoms with E-state index >= 15 is 0 Å². The second-order valence-electron chi connectivity index (χ2n) is 6.77. The molecular formula is C20H28O5. The van der Waals surface area contributed by atoms with Gasteiger partial charge in [0.05, 0.1) is 0 Å². The molecule has 2 N–H and O–H groups in total. The van der Waals surface area contributed by atoms with Crippen molar-refractivity contribution in [3.05, 3.63) is 34.4 Å². The lowest BCUT2D eigenvalue weighted by molar-refractivity contribution is -0.0515. The van der Waals surface area contributed by atoms with Crippen LogP contribution in [0, 0.1) is 0 Å². The molecule has 5 nitrogen and oxygen atoms in total. The van der Waals surface area contributed by atoms with Gasteiger partial charge >= 0.3 is 5.97 Å². The van der Waals surface area contributed by atoms with E-state index in [9.17, 15) is 15.0 Å². The van der Waals surface area contributed by atoms with E-state index in [0.717, 1.165) is 24.8 Å². The van der Waals surface area contributed by atoms with Gasteiger partial charge < -0.3 is 19.7 Å². The Bertz CT molecular complexity index is 659. The number of unbranched alkanes of at least 4 members (excludes halogenated alkanes) is 2. The molecule has 0 aliphatic carbocycles. The standard InChI is InChI=1S/C20H28O5/c1-5-6-7-8-15-19(24-4)16-14(21)11-13(10-9-12(2)3)18(22)17(16)20(23)25-15/h9,11,15,19,21-22H,5-8,10H2,1-4H3/t15-,19-/m1/s1. The van der Waals surface area contributed by atoms with E-state index in [1.54, 1.807) is 0 Å². The predicted molar refractivity (Wildman–Crippen MR) is 96.0 cm³/mol. The number of methoxy groups -OCH3 is 1. The molecule has 1 aliphatic heterocycles. The lowest BCUT2D eigenvalue weighted by atomic mass is 9.89. The molecule has 0 amide bonds. The van der Waals surface area contributed by atoms with E-state index in [2.05, 4.69) is 6.92 Å². The number of carbonyl (C=O) groups excluding carboxylic acids is 1. The summed E-state index contributed by atoms with van der Waals surface area (Å²) in [7, 11) is 1.52. The van der Waals surface area contributed by atoms with Crippen molar-refractivity contribution in [3.8, 4) is 11.5 Å². The fourth-order valence-electron chi connectivity index (χ4n) is 3.21. The van der Waals surface area contributed by atoms with Gasteiger partial charge in [-0.25, -0.2) is 4.79 Å². The molecule has 0 unspecified atom stereocenters. The van der Waals surface area contributed by atoms with Crippen LogP contribution in [0.2, 0.25) is 0 Å². The highest BCUT2D eigenvalue weighted by Crippen LogP contribution is 2.44. The topological polar surface area (TPSA) is 76.0 Å². The van der Waals surface area contributed by atoms with Crippen LogP contribution in [0.5, 0.6) is 11.5 Å². The molecule has 25 heavy (non-hydrogen) atoms. The summed E-state index contributed by atoms with van der Waals surface area (Å²) in [5.41, 5.74) is 1.94. The molecule has 0 bridgehead atoms. The summed E-state index contributed by atoms with van der Waals surface area (Å²) in [5.74, 6) is -0.769. The number of carbonyl (C=O) groups is 1. The van der Waals surface area contributed by atoms with Crippen molar-refractivity contribution in [1.29, 1.82) is 0 Å². The molecule has 1 aliphatic rings. The number of benzene rings is 1. The van der Waals surface area contributed by atoms with E-state index in [1.165, 1.54) is 13.2 Å². The fraction of sp³-hybridized carbons (Fsp3) is 0.550. The molecule has 0 aromatic heterocycles. The van der Waals surface area contributed by atoms with Crippen molar-refractivity contribution >= 4 is 5.97 Å². The molecule has 1 aromatic carbocycles. The van der Waals surface area contributed by atoms with E-state index in [-0.39, 0.29) is 17.1 Å². The van der Waals surface area contributed by atoms with Gasteiger partial charge in [-0.3, -0.25) is 0 Å². The molecule has 0 saturated carbocycles. The van der Waals surface area contributed by atoms with Crippen LogP contribution in [0.3, 0.4) is 0 Å². The summed E-state index contributed by atoms with van der Waals surface area (Å²) in [6.45, 7) is 6.00. The molecule has 2 rings (SSSR count). The SMILES string of the molecule is CCCCC[C@H]1OC(=O)c2c(O)c(CC=C(C)C)cc(O)c2[C@@H]1OC. The van der Waals surface area contributed by atoms with Crippen LogP contribution in [-0.2, 0) is 15.9 Å². The highest BCUT2D eigenvalue weighted by Gasteiger charge is 2.40. The average Bonchev–Trinajstić information content (AvgIpc) is 2.56. The molecule has 0 saturated heterocycles. The highest BCUT2D eigenvalue weighted by molar-refractivity contribution is 5.97. The zero-order valence-corrected chi connectivity index (χ0v) is 15.5. The Hall–Kier alpha value is -2.01. The minimum absolute atomic E-state index is 0.0238. The number of phenolic OH excluding ortho intramolecular Hbond substituents is 2. The summed E-state index contributed by atoms with van der Waals surface area (Å²) in [6.07, 6.45) is 5.01. The fourth-order valence-corrected chi connectivity index (χ4v) is 3.21. The lowest BCUT2D eigenvalue weighted by Gasteiger charge is -2.33. The molecule has 2 atom stereocenters. The second-order valence-corrected chi connectivity index (χ2v) is 6.77. The Morgan fingerprint density at radius 1 is 1.32 bits per heavy atom. The number of allylic oxidation sites excluding steroid dienone is 2. The number of ether oxygens (including phenoxy) is 2. The second kappa shape index (κ2) is 8.39. The van der Waals surface area contributed by atoms with E-state index < -0.39 is 18.2 Å². The summed E-state index contributed by atoms with van der Waals surface area (Å²) in [4.78, 5) is 12.5. The number of fused-ring (bicyclic) bond motifs is 1. The first-order valence-electron chi connectivity index (χ1n) is 8.85. The van der Waals surface area contributed by atoms with Gasteiger partial charge in [-0.15, -0.1) is 0 Å². The van der Waals surface area contributed by atoms with Gasteiger partial charge in [-0.1, -0.05) is 31.4 Å². The predicted octanol–water partition coefficient (Wildman–Crippen LogP) is 4.41. The quantitative estimate of drug-likeness (QED) is 0.330. The molecule has 138 valence electrons. The summed E-state index contributed by atoms with van der Waals surface area (Å²) >= 11 is 0. The molecule has 1 aromatic rings. The highest BCUT2D eigenvalue weighted by atomic mass is 16.6. The van der Waals surface area contributed by atoms with Crippen molar-refractivity contribution in [3.63, 3.8) is 0 Å². The number of hydrogen-bond donors (Lipinski definition) is 2. The summed E-state index contributed by atoms with van der Waals surface area (Å²) in [6, 6.07) is 1.52. The molecule has 1 heterocycles. The normalized spacial score (nSPS) is 19.3. The van der Waals surface area contributed by atoms with E-state index in [0.29, 0.717) is 24.0 Å². The summed E-state index contributed by atoms with van der Waals surface area (Å²) < 4.78 is 11.1. The first kappa shape index (κ1) is 19.3. The van der Waals surface area contributed by atoms with E-state index in [1.807, 2.05) is 19.9 Å². The maximum absolute atomic E-state index is 12.5. The van der Waals surface area contributed by atoms with Crippen LogP contribution < -0.4 is 0 Å². The lowest BCUT2D eigenvalue weighted by Crippen LogP contribution is -2.33. The van der Waals surface area contributed by atoms with Crippen LogP contribution in [0.25, 0.3) is 0 Å². The minimum Gasteiger partial charge on any atom is -0.508 e. The van der Waals surface area contributed by atoms with E-state index in [4.69, 9.17) is 9.47 Å². The average molecular weight is 348 g/mol. The molecule has 0 radical (unpaired) electrons. The van der Waals surface area contributed by atoms with Crippen molar-refractivity contribution in [2.75, 3.05) is 7.11 Å². The minimum atomic E-state index is -0.600. The number of rotatable bonds is 7. The zero-order chi connectivity index (χ0) is 18.6. The van der Waals surface area contributed by atoms with Gasteiger partial charge in [-0.2, -0.15) is 0 Å². The molecule has 0 spiro atoms. The third-order valence-corrected chi connectivity index (χ3v) is 4.56. The number of cyclic esters (lactones) is 1. The molecule has 0 fully saturated rings. The van der Waals surface area contributed by atoms with Gasteiger partial charge in [0.25, 0.3) is 0 Å². The monoisotopic (exact) mass is 348 g/mol.